The minimum atomic E-state index is 0.260. The molecule has 1 aromatic carbocycles. The summed E-state index contributed by atoms with van der Waals surface area (Å²) in [5.74, 6) is 1.80. The third-order valence-corrected chi connectivity index (χ3v) is 7.40. The van der Waals surface area contributed by atoms with E-state index in [4.69, 9.17) is 4.74 Å². The lowest BCUT2D eigenvalue weighted by Gasteiger charge is -2.38. The molecule has 2 aliphatic rings. The van der Waals surface area contributed by atoms with Gasteiger partial charge in [-0.3, -0.25) is 4.79 Å². The first kappa shape index (κ1) is 19.5. The summed E-state index contributed by atoms with van der Waals surface area (Å²) >= 11 is 1.52. The van der Waals surface area contributed by atoms with Gasteiger partial charge >= 0.3 is 0 Å². The zero-order chi connectivity index (χ0) is 20.7. The number of pyridine rings is 1. The molecule has 156 valence electrons. The molecule has 0 spiro atoms. The van der Waals surface area contributed by atoms with Gasteiger partial charge in [0.1, 0.15) is 5.75 Å². The van der Waals surface area contributed by atoms with Crippen LogP contribution in [0.3, 0.4) is 0 Å². The minimum absolute atomic E-state index is 0.260. The number of amides is 1. The number of aryl methyl sites for hydroxylation is 2. The first-order valence-corrected chi connectivity index (χ1v) is 11.7. The summed E-state index contributed by atoms with van der Waals surface area (Å²) in [6.07, 6.45) is 8.82. The number of ether oxygens (including phenoxy) is 1. The molecule has 2 fully saturated rings. The second-order valence-corrected chi connectivity index (χ2v) is 9.74. The van der Waals surface area contributed by atoms with E-state index in [1.54, 1.807) is 6.92 Å². The van der Waals surface area contributed by atoms with Crippen LogP contribution in [0.15, 0.2) is 36.5 Å². The van der Waals surface area contributed by atoms with E-state index in [-0.39, 0.29) is 5.91 Å². The summed E-state index contributed by atoms with van der Waals surface area (Å²) in [6, 6.07) is 11.4. The quantitative estimate of drug-likeness (QED) is 0.545. The van der Waals surface area contributed by atoms with Gasteiger partial charge in [0, 0.05) is 25.2 Å². The Hall–Kier alpha value is -2.47. The predicted octanol–water partition coefficient (Wildman–Crippen LogP) is 5.51. The lowest BCUT2D eigenvalue weighted by atomic mass is 9.86. The van der Waals surface area contributed by atoms with Crippen LogP contribution in [0.1, 0.15) is 50.2 Å². The highest BCUT2D eigenvalue weighted by molar-refractivity contribution is 7.20. The maximum atomic E-state index is 11.9. The van der Waals surface area contributed by atoms with E-state index in [2.05, 4.69) is 33.1 Å². The Labute approximate surface area is 181 Å². The van der Waals surface area contributed by atoms with Gasteiger partial charge in [0.05, 0.1) is 4.70 Å². The van der Waals surface area contributed by atoms with Gasteiger partial charge in [0.2, 0.25) is 5.91 Å². The number of aromatic nitrogens is 2. The summed E-state index contributed by atoms with van der Waals surface area (Å²) in [5.41, 5.74) is 3.20. The van der Waals surface area contributed by atoms with Crippen LogP contribution >= 0.6 is 11.3 Å². The van der Waals surface area contributed by atoms with Crippen molar-refractivity contribution in [2.75, 3.05) is 0 Å². The van der Waals surface area contributed by atoms with Gasteiger partial charge in [-0.1, -0.05) is 23.5 Å². The van der Waals surface area contributed by atoms with Gasteiger partial charge in [-0.15, -0.1) is 0 Å². The summed E-state index contributed by atoms with van der Waals surface area (Å²) < 4.78 is 7.00. The molecule has 2 bridgehead atoms. The van der Waals surface area contributed by atoms with Gasteiger partial charge in [0.15, 0.2) is 5.65 Å². The number of hydrogen-bond donors (Lipinski definition) is 0. The monoisotopic (exact) mass is 421 g/mol. The van der Waals surface area contributed by atoms with E-state index in [1.807, 2.05) is 25.3 Å². The Morgan fingerprint density at radius 3 is 2.63 bits per heavy atom. The van der Waals surface area contributed by atoms with Crippen LogP contribution in [-0.2, 0) is 11.2 Å². The Kier molecular flexibility index (Phi) is 5.19. The van der Waals surface area contributed by atoms with Crippen molar-refractivity contribution < 1.29 is 9.53 Å². The van der Waals surface area contributed by atoms with Crippen molar-refractivity contribution in [3.05, 3.63) is 47.7 Å². The highest BCUT2D eigenvalue weighted by Gasteiger charge is 2.41. The number of thiazole rings is 1. The van der Waals surface area contributed by atoms with Crippen molar-refractivity contribution in [3.8, 4) is 10.9 Å². The molecule has 2 aromatic heterocycles. The molecule has 5 nitrogen and oxygen atoms in total. The number of fused-ring (bicyclic) bond motifs is 3. The zero-order valence-electron chi connectivity index (χ0n) is 17.5. The topological polar surface area (TPSA) is 55.3 Å². The van der Waals surface area contributed by atoms with Crippen molar-refractivity contribution in [1.82, 2.24) is 14.9 Å². The fourth-order valence-corrected chi connectivity index (χ4v) is 6.07. The summed E-state index contributed by atoms with van der Waals surface area (Å²) in [7, 11) is 0. The molecule has 2 aliphatic heterocycles. The maximum Gasteiger partial charge on any atom is 0.281 e. The van der Waals surface area contributed by atoms with Crippen molar-refractivity contribution >= 4 is 27.6 Å². The number of benzene rings is 1. The Bertz CT molecular complexity index is 1050. The standard InChI is InChI=1S/C24H27N3O2S/c1-15-11-22-23(25-14-15)26-24(30-22)29-21-9-5-17(6-10-21)3-4-18-12-19-7-8-20(13-18)27(19)16(2)28/h5-6,9-11,14,18-20H,3-4,7-8,12-13H2,1-2H3/t18?,19-,20?/m1/s1. The summed E-state index contributed by atoms with van der Waals surface area (Å²) in [5, 5.41) is 0.628. The van der Waals surface area contributed by atoms with Crippen molar-refractivity contribution in [2.45, 2.75) is 64.5 Å². The smallest absolute Gasteiger partial charge is 0.281 e. The van der Waals surface area contributed by atoms with Crippen molar-refractivity contribution in [2.24, 2.45) is 5.92 Å². The van der Waals surface area contributed by atoms with Crippen molar-refractivity contribution in [3.63, 3.8) is 0 Å². The molecule has 2 saturated heterocycles. The fraction of sp³-hybridized carbons (Fsp3) is 0.458. The molecule has 3 atom stereocenters. The molecule has 30 heavy (non-hydrogen) atoms. The van der Waals surface area contributed by atoms with Crippen LogP contribution in [0.5, 0.6) is 10.9 Å². The molecule has 2 unspecified atom stereocenters. The largest absolute Gasteiger partial charge is 0.431 e. The van der Waals surface area contributed by atoms with Crippen LogP contribution in [0.2, 0.25) is 0 Å². The molecule has 5 rings (SSSR count). The van der Waals surface area contributed by atoms with Gasteiger partial charge in [0.25, 0.3) is 5.19 Å². The lowest BCUT2D eigenvalue weighted by Crippen LogP contribution is -2.45. The third-order valence-electron chi connectivity index (χ3n) is 6.53. The average molecular weight is 422 g/mol. The van der Waals surface area contributed by atoms with Crippen LogP contribution in [0, 0.1) is 12.8 Å². The van der Waals surface area contributed by atoms with E-state index in [0.717, 1.165) is 34.0 Å². The highest BCUT2D eigenvalue weighted by atomic mass is 32.1. The first-order chi connectivity index (χ1) is 14.5. The van der Waals surface area contributed by atoms with E-state index < -0.39 is 0 Å². The van der Waals surface area contributed by atoms with Gasteiger partial charge in [-0.25, -0.2) is 4.98 Å². The van der Waals surface area contributed by atoms with Crippen LogP contribution in [0.25, 0.3) is 10.3 Å². The summed E-state index contributed by atoms with van der Waals surface area (Å²) in [6.45, 7) is 3.75. The molecule has 1 amide bonds. The number of rotatable bonds is 5. The normalized spacial score (nSPS) is 23.1. The Morgan fingerprint density at radius 1 is 1.20 bits per heavy atom. The molecule has 4 heterocycles. The molecule has 0 saturated carbocycles. The van der Waals surface area contributed by atoms with Crippen LogP contribution in [0.4, 0.5) is 0 Å². The summed E-state index contributed by atoms with van der Waals surface area (Å²) in [4.78, 5) is 22.9. The number of hydrogen-bond acceptors (Lipinski definition) is 5. The lowest BCUT2D eigenvalue weighted by molar-refractivity contribution is -0.133. The van der Waals surface area contributed by atoms with Crippen LogP contribution < -0.4 is 4.74 Å². The average Bonchev–Trinajstić information content (AvgIpc) is 3.24. The Balaban J connectivity index is 1.17. The molecular formula is C24H27N3O2S. The van der Waals surface area contributed by atoms with E-state index in [9.17, 15) is 4.79 Å². The number of carbonyl (C=O) groups is 1. The van der Waals surface area contributed by atoms with Gasteiger partial charge in [-0.2, -0.15) is 4.98 Å². The first-order valence-electron chi connectivity index (χ1n) is 10.8. The SMILES string of the molecule is CC(=O)N1C2CC[C@@H]1CC(CCc1ccc(Oc3nc4ncc(C)cc4s3)cc1)C2. The Morgan fingerprint density at radius 2 is 1.93 bits per heavy atom. The highest BCUT2D eigenvalue weighted by Crippen LogP contribution is 2.40. The fourth-order valence-electron chi connectivity index (χ4n) is 5.18. The molecular weight excluding hydrogens is 394 g/mol. The van der Waals surface area contributed by atoms with E-state index >= 15 is 0 Å². The molecule has 0 N–H and O–H groups in total. The number of piperidine rings is 1. The van der Waals surface area contributed by atoms with E-state index in [1.165, 1.54) is 49.0 Å². The molecule has 0 radical (unpaired) electrons. The number of nitrogens with zero attached hydrogens (tertiary/aromatic N) is 3. The zero-order valence-corrected chi connectivity index (χ0v) is 18.3. The van der Waals surface area contributed by atoms with E-state index in [0.29, 0.717) is 17.3 Å². The second-order valence-electron chi connectivity index (χ2n) is 8.75. The van der Waals surface area contributed by atoms with Gasteiger partial charge < -0.3 is 9.64 Å². The molecule has 3 aromatic rings. The molecule has 6 heteroatoms. The van der Waals surface area contributed by atoms with Crippen LogP contribution in [-0.4, -0.2) is 32.9 Å². The van der Waals surface area contributed by atoms with Gasteiger partial charge in [-0.05, 0) is 80.7 Å². The molecule has 0 aliphatic carbocycles. The van der Waals surface area contributed by atoms with Crippen molar-refractivity contribution in [1.29, 1.82) is 0 Å². The minimum Gasteiger partial charge on any atom is -0.431 e. The second kappa shape index (κ2) is 7.99. The number of carbonyl (C=O) groups excluding carboxylic acids is 1. The maximum absolute atomic E-state index is 11.9. The predicted molar refractivity (Wildman–Crippen MR) is 119 cm³/mol. The third kappa shape index (κ3) is 3.93.